The van der Waals surface area contributed by atoms with Crippen molar-refractivity contribution in [3.05, 3.63) is 17.2 Å². The number of rotatable bonds is 3. The number of nitrogens with zero attached hydrogens (tertiary/aromatic N) is 2. The molecule has 0 fully saturated rings. The molecule has 1 aromatic rings. The van der Waals surface area contributed by atoms with Gasteiger partial charge in [-0.05, 0) is 53.9 Å². The Morgan fingerprint density at radius 2 is 1.86 bits per heavy atom. The molecule has 2 heterocycles. The number of fused-ring (bicyclic) bond motifs is 1. The molecule has 1 aromatic heterocycles. The number of hydrogen-bond acceptors (Lipinski definition) is 3. The number of imidazole rings is 1. The Balaban J connectivity index is 2.37. The van der Waals surface area contributed by atoms with Crippen molar-refractivity contribution in [1.82, 2.24) is 20.2 Å². The molecule has 0 radical (unpaired) electrons. The summed E-state index contributed by atoms with van der Waals surface area (Å²) in [6.45, 7) is 10.3. The lowest BCUT2D eigenvalue weighted by molar-refractivity contribution is 0.0913. The average Bonchev–Trinajstić information content (AvgIpc) is 2.75. The summed E-state index contributed by atoms with van der Waals surface area (Å²) in [5, 5.41) is 5.79. The Hall–Kier alpha value is -1.85. The zero-order valence-electron chi connectivity index (χ0n) is 14.1. The summed E-state index contributed by atoms with van der Waals surface area (Å²) < 4.78 is 1.90. The Labute approximate surface area is 131 Å². The van der Waals surface area contributed by atoms with Gasteiger partial charge in [0.05, 0.1) is 5.69 Å². The maximum Gasteiger partial charge on any atom is 0.287 e. The molecule has 0 spiro atoms. The van der Waals surface area contributed by atoms with E-state index in [2.05, 4.69) is 15.6 Å². The van der Waals surface area contributed by atoms with Crippen LogP contribution >= 0.6 is 0 Å². The monoisotopic (exact) mass is 306 g/mol. The molecule has 0 saturated heterocycles. The summed E-state index contributed by atoms with van der Waals surface area (Å²) in [7, 11) is 0. The van der Waals surface area contributed by atoms with Gasteiger partial charge in [0.15, 0.2) is 5.82 Å². The van der Waals surface area contributed by atoms with Gasteiger partial charge in [-0.1, -0.05) is 0 Å². The smallest absolute Gasteiger partial charge is 0.287 e. The largest absolute Gasteiger partial charge is 0.347 e. The molecule has 6 nitrogen and oxygen atoms in total. The van der Waals surface area contributed by atoms with Crippen LogP contribution in [0.5, 0.6) is 0 Å². The zero-order valence-corrected chi connectivity index (χ0v) is 14.1. The highest BCUT2D eigenvalue weighted by atomic mass is 16.2. The van der Waals surface area contributed by atoms with Crippen molar-refractivity contribution in [3.63, 3.8) is 0 Å². The third-order valence-electron chi connectivity index (χ3n) is 3.44. The fraction of sp³-hybridized carbons (Fsp3) is 0.688. The van der Waals surface area contributed by atoms with Crippen molar-refractivity contribution >= 4 is 11.8 Å². The van der Waals surface area contributed by atoms with Crippen LogP contribution < -0.4 is 10.6 Å². The highest BCUT2D eigenvalue weighted by molar-refractivity contribution is 5.97. The van der Waals surface area contributed by atoms with Gasteiger partial charge >= 0.3 is 0 Å². The zero-order chi connectivity index (χ0) is 16.5. The lowest BCUT2D eigenvalue weighted by Crippen LogP contribution is -2.41. The van der Waals surface area contributed by atoms with Crippen LogP contribution in [-0.2, 0) is 13.0 Å². The standard InChI is InChI=1S/C16H26N4O2/c1-10(2)17-15(22)13-18-12(14(21)19-16(3,4)5)11-8-6-7-9-20(11)13/h10H,6-9H2,1-5H3,(H,17,22)(H,19,21). The number of carbonyl (C=O) groups excluding carboxylic acids is 2. The van der Waals surface area contributed by atoms with Crippen LogP contribution in [0.25, 0.3) is 0 Å². The minimum Gasteiger partial charge on any atom is -0.347 e. The molecule has 2 amide bonds. The van der Waals surface area contributed by atoms with Crippen molar-refractivity contribution in [2.24, 2.45) is 0 Å². The highest BCUT2D eigenvalue weighted by Gasteiger charge is 2.29. The van der Waals surface area contributed by atoms with E-state index < -0.39 is 0 Å². The number of carbonyl (C=O) groups is 2. The van der Waals surface area contributed by atoms with Gasteiger partial charge in [0.1, 0.15) is 5.69 Å². The van der Waals surface area contributed by atoms with Crippen molar-refractivity contribution in [3.8, 4) is 0 Å². The molecule has 22 heavy (non-hydrogen) atoms. The van der Waals surface area contributed by atoms with Crippen LogP contribution in [0.3, 0.4) is 0 Å². The average molecular weight is 306 g/mol. The summed E-state index contributed by atoms with van der Waals surface area (Å²) in [5.74, 6) is -0.0721. The molecule has 2 N–H and O–H groups in total. The second kappa shape index (κ2) is 6.10. The Kier molecular flexibility index (Phi) is 4.58. The molecule has 1 aliphatic heterocycles. The maximum atomic E-state index is 12.5. The lowest BCUT2D eigenvalue weighted by Gasteiger charge is -2.21. The molecule has 1 aliphatic rings. The molecule has 0 saturated carbocycles. The molecule has 0 bridgehead atoms. The van der Waals surface area contributed by atoms with E-state index in [4.69, 9.17) is 0 Å². The van der Waals surface area contributed by atoms with Crippen LogP contribution in [0.4, 0.5) is 0 Å². The number of hydrogen-bond donors (Lipinski definition) is 2. The van der Waals surface area contributed by atoms with Gasteiger partial charge in [-0.2, -0.15) is 0 Å². The first kappa shape index (κ1) is 16.5. The number of nitrogens with one attached hydrogen (secondary N) is 2. The van der Waals surface area contributed by atoms with Gasteiger partial charge in [-0.15, -0.1) is 0 Å². The van der Waals surface area contributed by atoms with Gasteiger partial charge < -0.3 is 15.2 Å². The molecule has 0 unspecified atom stereocenters. The first-order chi connectivity index (χ1) is 10.2. The van der Waals surface area contributed by atoms with Gasteiger partial charge in [-0.3, -0.25) is 9.59 Å². The fourth-order valence-electron chi connectivity index (χ4n) is 2.62. The Bertz CT molecular complexity index is 582. The SMILES string of the molecule is CC(C)NC(=O)c1nc(C(=O)NC(C)(C)C)c2n1CCCC2. The van der Waals surface area contributed by atoms with E-state index in [1.165, 1.54) is 0 Å². The fourth-order valence-corrected chi connectivity index (χ4v) is 2.62. The topological polar surface area (TPSA) is 76.0 Å². The Morgan fingerprint density at radius 1 is 1.18 bits per heavy atom. The van der Waals surface area contributed by atoms with E-state index >= 15 is 0 Å². The molecule has 2 rings (SSSR count). The van der Waals surface area contributed by atoms with Crippen LogP contribution in [0.1, 0.15) is 74.3 Å². The van der Waals surface area contributed by atoms with Crippen molar-refractivity contribution in [2.45, 2.75) is 72.0 Å². The predicted molar refractivity (Wildman–Crippen MR) is 85.0 cm³/mol. The normalized spacial score (nSPS) is 14.6. The predicted octanol–water partition coefficient (Wildman–Crippen LogP) is 1.89. The van der Waals surface area contributed by atoms with E-state index in [0.29, 0.717) is 11.5 Å². The van der Waals surface area contributed by atoms with Crippen LogP contribution in [0.2, 0.25) is 0 Å². The summed E-state index contributed by atoms with van der Waals surface area (Å²) in [4.78, 5) is 29.2. The second-order valence-electron chi connectivity index (χ2n) is 7.17. The molecule has 122 valence electrons. The van der Waals surface area contributed by atoms with E-state index in [1.807, 2.05) is 39.2 Å². The molecular formula is C16H26N4O2. The Morgan fingerprint density at radius 3 is 2.45 bits per heavy atom. The van der Waals surface area contributed by atoms with Crippen molar-refractivity contribution in [1.29, 1.82) is 0 Å². The van der Waals surface area contributed by atoms with Gasteiger partial charge in [0.2, 0.25) is 0 Å². The number of aromatic nitrogens is 2. The van der Waals surface area contributed by atoms with Crippen LogP contribution in [0.15, 0.2) is 0 Å². The third-order valence-corrected chi connectivity index (χ3v) is 3.44. The minimum atomic E-state index is -0.331. The van der Waals surface area contributed by atoms with Crippen molar-refractivity contribution in [2.75, 3.05) is 0 Å². The van der Waals surface area contributed by atoms with Crippen molar-refractivity contribution < 1.29 is 9.59 Å². The summed E-state index contributed by atoms with van der Waals surface area (Å²) >= 11 is 0. The summed E-state index contributed by atoms with van der Waals surface area (Å²) in [6.07, 6.45) is 2.81. The van der Waals surface area contributed by atoms with Gasteiger partial charge in [0.25, 0.3) is 11.8 Å². The first-order valence-electron chi connectivity index (χ1n) is 7.92. The lowest BCUT2D eigenvalue weighted by atomic mass is 10.1. The minimum absolute atomic E-state index is 0.0379. The highest BCUT2D eigenvalue weighted by Crippen LogP contribution is 2.21. The summed E-state index contributed by atoms with van der Waals surface area (Å²) in [5.41, 5.74) is 0.938. The van der Waals surface area contributed by atoms with E-state index in [9.17, 15) is 9.59 Å². The van der Waals surface area contributed by atoms with E-state index in [-0.39, 0.29) is 23.4 Å². The summed E-state index contributed by atoms with van der Waals surface area (Å²) in [6, 6.07) is 0.0379. The quantitative estimate of drug-likeness (QED) is 0.895. The molecular weight excluding hydrogens is 280 g/mol. The molecule has 0 aliphatic carbocycles. The molecule has 6 heteroatoms. The second-order valence-corrected chi connectivity index (χ2v) is 7.17. The van der Waals surface area contributed by atoms with Crippen LogP contribution in [-0.4, -0.2) is 32.9 Å². The van der Waals surface area contributed by atoms with Gasteiger partial charge in [0, 0.05) is 18.1 Å². The first-order valence-corrected chi connectivity index (χ1v) is 7.92. The molecule has 0 aromatic carbocycles. The van der Waals surface area contributed by atoms with E-state index in [0.717, 1.165) is 31.5 Å². The van der Waals surface area contributed by atoms with E-state index in [1.54, 1.807) is 0 Å². The number of amides is 2. The van der Waals surface area contributed by atoms with Crippen LogP contribution in [0, 0.1) is 0 Å². The maximum absolute atomic E-state index is 12.5. The van der Waals surface area contributed by atoms with Gasteiger partial charge in [-0.25, -0.2) is 4.98 Å². The third kappa shape index (κ3) is 3.67. The molecule has 0 atom stereocenters.